The molecule has 1 aromatic carbocycles. The Morgan fingerprint density at radius 3 is 2.76 bits per heavy atom. The Kier molecular flexibility index (Phi) is 3.25. The Bertz CT molecular complexity index is 780. The zero-order valence-corrected chi connectivity index (χ0v) is 12.4. The number of hydrogen-bond acceptors (Lipinski definition) is 2. The smallest absolute Gasteiger partial charge is 0.267 e. The number of aryl methyl sites for hydroxylation is 2. The maximum absolute atomic E-state index is 12.2. The maximum atomic E-state index is 12.2. The number of nitrogens with zero attached hydrogens (tertiary/aromatic N) is 2. The fourth-order valence-corrected chi connectivity index (χ4v) is 2.53. The lowest BCUT2D eigenvalue weighted by molar-refractivity contribution is 0.0946. The Hall–Kier alpha value is -2.56. The van der Waals surface area contributed by atoms with Gasteiger partial charge in [0, 0.05) is 35.8 Å². The standard InChI is InChI=1S/C16H18N4O/c1-10-13(11(2)20(3)19-10)9-17-16(21)15-8-12-6-4-5-7-14(12)18-15/h4-8,18H,9H2,1-3H3,(H,17,21). The Balaban J connectivity index is 1.77. The van der Waals surface area contributed by atoms with Gasteiger partial charge < -0.3 is 10.3 Å². The van der Waals surface area contributed by atoms with Crippen molar-refractivity contribution >= 4 is 16.8 Å². The van der Waals surface area contributed by atoms with Gasteiger partial charge in [0.05, 0.1) is 5.69 Å². The molecule has 0 bridgehead atoms. The Morgan fingerprint density at radius 1 is 1.33 bits per heavy atom. The lowest BCUT2D eigenvalue weighted by Gasteiger charge is -2.04. The molecule has 21 heavy (non-hydrogen) atoms. The van der Waals surface area contributed by atoms with Crippen LogP contribution in [0.5, 0.6) is 0 Å². The van der Waals surface area contributed by atoms with Gasteiger partial charge in [0.2, 0.25) is 0 Å². The molecule has 0 radical (unpaired) electrons. The molecule has 3 aromatic rings. The summed E-state index contributed by atoms with van der Waals surface area (Å²) < 4.78 is 1.83. The minimum Gasteiger partial charge on any atom is -0.351 e. The normalized spacial score (nSPS) is 11.0. The van der Waals surface area contributed by atoms with E-state index in [2.05, 4.69) is 15.4 Å². The summed E-state index contributed by atoms with van der Waals surface area (Å²) in [6.45, 7) is 4.45. The number of fused-ring (bicyclic) bond motifs is 1. The second-order valence-corrected chi connectivity index (χ2v) is 5.23. The first-order chi connectivity index (χ1) is 10.1. The van der Waals surface area contributed by atoms with Crippen LogP contribution >= 0.6 is 0 Å². The zero-order valence-electron chi connectivity index (χ0n) is 12.4. The van der Waals surface area contributed by atoms with Crippen LogP contribution in [0.4, 0.5) is 0 Å². The average molecular weight is 282 g/mol. The summed E-state index contributed by atoms with van der Waals surface area (Å²) in [5, 5.41) is 8.34. The van der Waals surface area contributed by atoms with E-state index in [1.807, 2.05) is 55.9 Å². The number of hydrogen-bond donors (Lipinski definition) is 2. The van der Waals surface area contributed by atoms with Gasteiger partial charge in [-0.15, -0.1) is 0 Å². The fourth-order valence-electron chi connectivity index (χ4n) is 2.53. The molecule has 0 fully saturated rings. The SMILES string of the molecule is Cc1nn(C)c(C)c1CNC(=O)c1cc2ccccc2[nH]1. The molecular formula is C16H18N4O. The first kappa shape index (κ1) is 13.4. The number of nitrogens with one attached hydrogen (secondary N) is 2. The minimum absolute atomic E-state index is 0.103. The van der Waals surface area contributed by atoms with Crippen LogP contribution < -0.4 is 5.32 Å². The largest absolute Gasteiger partial charge is 0.351 e. The molecule has 0 aliphatic heterocycles. The van der Waals surface area contributed by atoms with Crippen molar-refractivity contribution in [1.29, 1.82) is 0 Å². The summed E-state index contributed by atoms with van der Waals surface area (Å²) in [5.74, 6) is -0.103. The van der Waals surface area contributed by atoms with Gasteiger partial charge in [-0.1, -0.05) is 18.2 Å². The van der Waals surface area contributed by atoms with Gasteiger partial charge in [-0.05, 0) is 26.0 Å². The predicted molar refractivity (Wildman–Crippen MR) is 82.2 cm³/mol. The topological polar surface area (TPSA) is 62.7 Å². The molecule has 3 rings (SSSR count). The molecule has 0 atom stereocenters. The highest BCUT2D eigenvalue weighted by Gasteiger charge is 2.13. The molecule has 0 aliphatic rings. The number of H-pyrrole nitrogens is 1. The molecule has 2 heterocycles. The summed E-state index contributed by atoms with van der Waals surface area (Å²) in [5.41, 5.74) is 4.64. The molecular weight excluding hydrogens is 264 g/mol. The van der Waals surface area contributed by atoms with E-state index >= 15 is 0 Å². The van der Waals surface area contributed by atoms with E-state index in [1.165, 1.54) is 0 Å². The van der Waals surface area contributed by atoms with E-state index in [1.54, 1.807) is 0 Å². The quantitative estimate of drug-likeness (QED) is 0.775. The summed E-state index contributed by atoms with van der Waals surface area (Å²) >= 11 is 0. The molecule has 5 nitrogen and oxygen atoms in total. The molecule has 0 aliphatic carbocycles. The number of aromatic amines is 1. The van der Waals surface area contributed by atoms with Crippen molar-refractivity contribution in [2.24, 2.45) is 7.05 Å². The second kappa shape index (κ2) is 5.09. The third kappa shape index (κ3) is 2.42. The van der Waals surface area contributed by atoms with Gasteiger partial charge in [-0.2, -0.15) is 5.10 Å². The summed E-state index contributed by atoms with van der Waals surface area (Å²) in [6.07, 6.45) is 0. The average Bonchev–Trinajstić information content (AvgIpc) is 2.99. The van der Waals surface area contributed by atoms with Crippen molar-refractivity contribution < 1.29 is 4.79 Å². The van der Waals surface area contributed by atoms with Gasteiger partial charge in [0.1, 0.15) is 5.69 Å². The molecule has 2 aromatic heterocycles. The van der Waals surface area contributed by atoms with Crippen molar-refractivity contribution in [1.82, 2.24) is 20.1 Å². The van der Waals surface area contributed by atoms with Crippen LogP contribution in [0, 0.1) is 13.8 Å². The van der Waals surface area contributed by atoms with Crippen LogP contribution in [0.3, 0.4) is 0 Å². The first-order valence-electron chi connectivity index (χ1n) is 6.91. The van der Waals surface area contributed by atoms with Crippen molar-refractivity contribution in [3.8, 4) is 0 Å². The zero-order chi connectivity index (χ0) is 15.0. The highest BCUT2D eigenvalue weighted by Crippen LogP contribution is 2.15. The number of aromatic nitrogens is 3. The Labute approximate surface area is 123 Å². The van der Waals surface area contributed by atoms with Gasteiger partial charge >= 0.3 is 0 Å². The number of amides is 1. The van der Waals surface area contributed by atoms with E-state index in [4.69, 9.17) is 0 Å². The molecule has 0 saturated heterocycles. The highest BCUT2D eigenvalue weighted by atomic mass is 16.1. The molecule has 0 spiro atoms. The van der Waals surface area contributed by atoms with Gasteiger partial charge in [-0.3, -0.25) is 9.48 Å². The number of rotatable bonds is 3. The molecule has 2 N–H and O–H groups in total. The van der Waals surface area contributed by atoms with Crippen LogP contribution in [-0.2, 0) is 13.6 Å². The lowest BCUT2D eigenvalue weighted by Crippen LogP contribution is -2.23. The van der Waals surface area contributed by atoms with E-state index < -0.39 is 0 Å². The summed E-state index contributed by atoms with van der Waals surface area (Å²) in [7, 11) is 1.91. The van der Waals surface area contributed by atoms with Crippen molar-refractivity contribution in [2.75, 3.05) is 0 Å². The van der Waals surface area contributed by atoms with Crippen molar-refractivity contribution in [2.45, 2.75) is 20.4 Å². The van der Waals surface area contributed by atoms with Crippen LogP contribution in [0.25, 0.3) is 10.9 Å². The van der Waals surface area contributed by atoms with Crippen LogP contribution in [-0.4, -0.2) is 20.7 Å². The van der Waals surface area contributed by atoms with E-state index in [9.17, 15) is 4.79 Å². The highest BCUT2D eigenvalue weighted by molar-refractivity contribution is 5.97. The molecule has 0 saturated carbocycles. The number of carbonyl (C=O) groups excluding carboxylic acids is 1. The predicted octanol–water partition coefficient (Wildman–Crippen LogP) is 2.45. The second-order valence-electron chi connectivity index (χ2n) is 5.23. The van der Waals surface area contributed by atoms with Crippen molar-refractivity contribution in [3.05, 3.63) is 53.0 Å². The Morgan fingerprint density at radius 2 is 2.10 bits per heavy atom. The third-order valence-corrected chi connectivity index (χ3v) is 3.86. The minimum atomic E-state index is -0.103. The molecule has 0 unspecified atom stereocenters. The monoisotopic (exact) mass is 282 g/mol. The molecule has 1 amide bonds. The fraction of sp³-hybridized carbons (Fsp3) is 0.250. The number of para-hydroxylation sites is 1. The lowest BCUT2D eigenvalue weighted by atomic mass is 10.2. The number of benzene rings is 1. The van der Waals surface area contributed by atoms with Crippen molar-refractivity contribution in [3.63, 3.8) is 0 Å². The van der Waals surface area contributed by atoms with Crippen LogP contribution in [0.2, 0.25) is 0 Å². The summed E-state index contributed by atoms with van der Waals surface area (Å²) in [4.78, 5) is 15.4. The third-order valence-electron chi connectivity index (χ3n) is 3.86. The molecule has 5 heteroatoms. The van der Waals surface area contributed by atoms with Gasteiger partial charge in [0.15, 0.2) is 0 Å². The summed E-state index contributed by atoms with van der Waals surface area (Å²) in [6, 6.07) is 9.72. The maximum Gasteiger partial charge on any atom is 0.267 e. The van der Waals surface area contributed by atoms with E-state index in [0.29, 0.717) is 12.2 Å². The number of carbonyl (C=O) groups is 1. The molecule has 108 valence electrons. The van der Waals surface area contributed by atoms with Crippen LogP contribution in [0.1, 0.15) is 27.4 Å². The van der Waals surface area contributed by atoms with Gasteiger partial charge in [-0.25, -0.2) is 0 Å². The first-order valence-corrected chi connectivity index (χ1v) is 6.91. The van der Waals surface area contributed by atoms with Gasteiger partial charge in [0.25, 0.3) is 5.91 Å². The van der Waals surface area contributed by atoms with Crippen LogP contribution in [0.15, 0.2) is 30.3 Å². The van der Waals surface area contributed by atoms with E-state index in [0.717, 1.165) is 27.9 Å². The van der Waals surface area contributed by atoms with E-state index in [-0.39, 0.29) is 5.91 Å².